The molecule has 2 aromatic carbocycles. The molecular formula is C21H22ClN4O3+. The first-order valence-corrected chi connectivity index (χ1v) is 9.69. The highest BCUT2D eigenvalue weighted by atomic mass is 35.5. The molecule has 4 rings (SSSR count). The number of benzene rings is 2. The maximum atomic E-state index is 11.5. The summed E-state index contributed by atoms with van der Waals surface area (Å²) in [4.78, 5) is 11.5. The van der Waals surface area contributed by atoms with Crippen LogP contribution in [0.1, 0.15) is 19.3 Å². The topological polar surface area (TPSA) is 88.2 Å². The average molecular weight is 414 g/mol. The van der Waals surface area contributed by atoms with Gasteiger partial charge in [-0.2, -0.15) is 0 Å². The summed E-state index contributed by atoms with van der Waals surface area (Å²) in [6.45, 7) is 0. The van der Waals surface area contributed by atoms with Crippen LogP contribution in [0.5, 0.6) is 5.75 Å². The van der Waals surface area contributed by atoms with Gasteiger partial charge in [-0.1, -0.05) is 16.7 Å². The number of quaternary nitrogens is 1. The number of urea groups is 1. The molecule has 0 saturated heterocycles. The van der Waals surface area contributed by atoms with E-state index in [4.69, 9.17) is 27.2 Å². The summed E-state index contributed by atoms with van der Waals surface area (Å²) in [6.07, 6.45) is 3.64. The number of nitrogens with two attached hydrogens (primary N) is 1. The molecule has 0 fully saturated rings. The van der Waals surface area contributed by atoms with E-state index in [-0.39, 0.29) is 4.59 Å². The molecule has 7 nitrogen and oxygen atoms in total. The van der Waals surface area contributed by atoms with Crippen LogP contribution in [-0.4, -0.2) is 35.7 Å². The molecule has 0 radical (unpaired) electrons. The van der Waals surface area contributed by atoms with E-state index in [9.17, 15) is 10.0 Å². The van der Waals surface area contributed by atoms with Crippen LogP contribution in [0.4, 0.5) is 16.2 Å². The fourth-order valence-corrected chi connectivity index (χ4v) is 4.19. The van der Waals surface area contributed by atoms with Crippen LogP contribution in [0.15, 0.2) is 64.9 Å². The van der Waals surface area contributed by atoms with Gasteiger partial charge in [0.2, 0.25) is 0 Å². The molecule has 1 aliphatic carbocycles. The molecule has 2 aromatic rings. The number of hydrogen-bond donors (Lipinski definition) is 2. The molecule has 0 bridgehead atoms. The van der Waals surface area contributed by atoms with Crippen LogP contribution in [0.25, 0.3) is 0 Å². The van der Waals surface area contributed by atoms with Gasteiger partial charge in [-0.25, -0.2) is 9.86 Å². The Balaban J connectivity index is 1.84. The predicted octanol–water partition coefficient (Wildman–Crippen LogP) is 4.56. The summed E-state index contributed by atoms with van der Waals surface area (Å²) in [6, 6.07) is 14.0. The first kappa shape index (κ1) is 19.4. The number of primary amides is 1. The SMILES string of the molecule is COc1ccc([N+]2(c3ccc(Cl)cc3)N=CC3=C2CC(N(O)C(N)=O)CC3)cc1. The van der Waals surface area contributed by atoms with Crippen molar-refractivity contribution in [1.82, 2.24) is 9.66 Å². The van der Waals surface area contributed by atoms with E-state index in [1.165, 1.54) is 0 Å². The third-order valence-corrected chi connectivity index (χ3v) is 5.79. The number of methoxy groups -OCH3 is 1. The molecule has 150 valence electrons. The maximum Gasteiger partial charge on any atom is 0.338 e. The normalized spacial score (nSPS) is 23.1. The molecule has 2 aliphatic rings. The fourth-order valence-electron chi connectivity index (χ4n) is 4.07. The second-order valence-corrected chi connectivity index (χ2v) is 7.54. The van der Waals surface area contributed by atoms with Crippen molar-refractivity contribution in [1.29, 1.82) is 0 Å². The first-order valence-electron chi connectivity index (χ1n) is 9.31. The van der Waals surface area contributed by atoms with E-state index in [1.54, 1.807) is 7.11 Å². The largest absolute Gasteiger partial charge is 0.497 e. The van der Waals surface area contributed by atoms with E-state index in [2.05, 4.69) is 0 Å². The van der Waals surface area contributed by atoms with E-state index < -0.39 is 12.1 Å². The van der Waals surface area contributed by atoms with Gasteiger partial charge in [-0.05, 0) is 37.1 Å². The minimum Gasteiger partial charge on any atom is -0.497 e. The first-order chi connectivity index (χ1) is 14.0. The zero-order chi connectivity index (χ0) is 20.6. The van der Waals surface area contributed by atoms with Crippen molar-refractivity contribution in [3.63, 3.8) is 0 Å². The number of carbonyl (C=O) groups excluding carboxylic acids is 1. The molecule has 0 saturated carbocycles. The Morgan fingerprint density at radius 3 is 2.41 bits per heavy atom. The number of rotatable bonds is 4. The van der Waals surface area contributed by atoms with Crippen molar-refractivity contribution in [2.45, 2.75) is 25.3 Å². The molecule has 2 amide bonds. The molecule has 0 aromatic heterocycles. The van der Waals surface area contributed by atoms with Crippen LogP contribution in [0, 0.1) is 0 Å². The highest BCUT2D eigenvalue weighted by molar-refractivity contribution is 6.30. The maximum absolute atomic E-state index is 11.5. The van der Waals surface area contributed by atoms with Crippen molar-refractivity contribution in [2.24, 2.45) is 10.8 Å². The number of carbonyl (C=O) groups is 1. The van der Waals surface area contributed by atoms with Crippen LogP contribution in [0.2, 0.25) is 5.02 Å². The second-order valence-electron chi connectivity index (χ2n) is 7.11. The van der Waals surface area contributed by atoms with Crippen molar-refractivity contribution < 1.29 is 14.7 Å². The van der Waals surface area contributed by atoms with Gasteiger partial charge in [0.05, 0.1) is 19.4 Å². The molecule has 1 heterocycles. The van der Waals surface area contributed by atoms with Crippen LogP contribution in [0.3, 0.4) is 0 Å². The fraction of sp³-hybridized carbons (Fsp3) is 0.238. The molecular weight excluding hydrogens is 392 g/mol. The summed E-state index contributed by atoms with van der Waals surface area (Å²) < 4.78 is 5.43. The predicted molar refractivity (Wildman–Crippen MR) is 112 cm³/mol. The Kier molecular flexibility index (Phi) is 5.04. The number of amides is 2. The zero-order valence-corrected chi connectivity index (χ0v) is 16.7. The lowest BCUT2D eigenvalue weighted by molar-refractivity contribution is -0.0788. The van der Waals surface area contributed by atoms with Crippen LogP contribution < -0.4 is 15.1 Å². The Morgan fingerprint density at radius 1 is 1.21 bits per heavy atom. The quantitative estimate of drug-likeness (QED) is 0.437. The van der Waals surface area contributed by atoms with E-state index in [0.29, 0.717) is 29.3 Å². The molecule has 2 unspecified atom stereocenters. The number of allylic oxidation sites excluding steroid dienone is 1. The third-order valence-electron chi connectivity index (χ3n) is 5.54. The number of ether oxygens (including phenoxy) is 1. The Labute approximate surface area is 173 Å². The van der Waals surface area contributed by atoms with Gasteiger partial charge in [0.25, 0.3) is 0 Å². The lowest BCUT2D eigenvalue weighted by Gasteiger charge is -2.35. The van der Waals surface area contributed by atoms with Gasteiger partial charge in [0.15, 0.2) is 17.1 Å². The number of hydrogen-bond acceptors (Lipinski definition) is 4. The van der Waals surface area contributed by atoms with Gasteiger partial charge in [-0.3, -0.25) is 5.21 Å². The van der Waals surface area contributed by atoms with Gasteiger partial charge in [0, 0.05) is 41.3 Å². The summed E-state index contributed by atoms with van der Waals surface area (Å²) >= 11 is 6.12. The monoisotopic (exact) mass is 413 g/mol. The van der Waals surface area contributed by atoms with Gasteiger partial charge in [-0.15, -0.1) is 4.59 Å². The lowest BCUT2D eigenvalue weighted by atomic mass is 9.91. The van der Waals surface area contributed by atoms with Gasteiger partial charge < -0.3 is 10.5 Å². The van der Waals surface area contributed by atoms with Crippen molar-refractivity contribution in [3.05, 3.63) is 64.8 Å². The molecule has 8 heteroatoms. The van der Waals surface area contributed by atoms with Crippen LogP contribution in [-0.2, 0) is 0 Å². The zero-order valence-electron chi connectivity index (χ0n) is 16.0. The molecule has 29 heavy (non-hydrogen) atoms. The highest BCUT2D eigenvalue weighted by Gasteiger charge is 2.47. The summed E-state index contributed by atoms with van der Waals surface area (Å²) in [5.41, 5.74) is 9.22. The number of halogens is 1. The van der Waals surface area contributed by atoms with E-state index >= 15 is 0 Å². The Morgan fingerprint density at radius 2 is 1.83 bits per heavy atom. The Hall–Kier alpha value is -2.87. The highest BCUT2D eigenvalue weighted by Crippen LogP contribution is 2.48. The average Bonchev–Trinajstić information content (AvgIpc) is 3.13. The standard InChI is InChI=1S/C21H21ClN4O3/c1-29-19-10-8-18(9-11-19)26(17-6-3-15(22)4-7-17)20-12-16(25(28)21(23)27)5-2-14(20)13-24-26/h3-4,6-11,13,16,28H,2,5,12H2,1H3,(H-,23,27)/p+1. The molecule has 2 atom stereocenters. The lowest BCUT2D eigenvalue weighted by Crippen LogP contribution is -2.45. The summed E-state index contributed by atoms with van der Waals surface area (Å²) in [5.74, 6) is 0.747. The second kappa shape index (κ2) is 7.51. The van der Waals surface area contributed by atoms with E-state index in [1.807, 2.05) is 54.7 Å². The number of hydroxylamine groups is 2. The van der Waals surface area contributed by atoms with Crippen molar-refractivity contribution in [2.75, 3.05) is 7.11 Å². The smallest absolute Gasteiger partial charge is 0.338 e. The van der Waals surface area contributed by atoms with Crippen LogP contribution >= 0.6 is 11.6 Å². The third kappa shape index (κ3) is 3.27. The molecule has 3 N–H and O–H groups in total. The Bertz CT molecular complexity index is 988. The molecule has 1 aliphatic heterocycles. The minimum absolute atomic E-state index is 0.125. The van der Waals surface area contributed by atoms with Crippen molar-refractivity contribution >= 4 is 35.2 Å². The summed E-state index contributed by atoms with van der Waals surface area (Å²) in [5, 5.41) is 16.3. The molecule has 0 spiro atoms. The minimum atomic E-state index is -0.855. The van der Waals surface area contributed by atoms with Crippen molar-refractivity contribution in [3.8, 4) is 5.75 Å². The number of nitrogens with zero attached hydrogens (tertiary/aromatic N) is 3. The van der Waals surface area contributed by atoms with Gasteiger partial charge >= 0.3 is 6.03 Å². The van der Waals surface area contributed by atoms with Gasteiger partial charge in [0.1, 0.15) is 5.75 Å². The summed E-state index contributed by atoms with van der Waals surface area (Å²) in [7, 11) is 1.62. The van der Waals surface area contributed by atoms with E-state index in [0.717, 1.165) is 28.4 Å².